The number of rotatable bonds is 30. The van der Waals surface area contributed by atoms with Gasteiger partial charge in [-0.25, -0.2) is 9.97 Å². The van der Waals surface area contributed by atoms with Crippen LogP contribution in [0.15, 0.2) is 53.6 Å². The van der Waals surface area contributed by atoms with Crippen LogP contribution in [0.3, 0.4) is 0 Å². The molecule has 1 fully saturated rings. The highest BCUT2D eigenvalue weighted by Gasteiger charge is 2.39. The summed E-state index contributed by atoms with van der Waals surface area (Å²) in [5.74, 6) is -1.25. The van der Waals surface area contributed by atoms with Crippen LogP contribution < -0.4 is 27.8 Å². The quantitative estimate of drug-likeness (QED) is 0.00764. The minimum absolute atomic E-state index is 0.0447. The third kappa shape index (κ3) is 15.6. The third-order valence-corrected chi connectivity index (χ3v) is 13.0. The van der Waals surface area contributed by atoms with E-state index >= 15 is 0 Å². The zero-order chi connectivity index (χ0) is 49.9. The summed E-state index contributed by atoms with van der Waals surface area (Å²) in [6.45, 7) is 7.68. The first-order valence-corrected chi connectivity index (χ1v) is 24.8. The number of aromatic nitrogens is 3. The van der Waals surface area contributed by atoms with Crippen LogP contribution in [0, 0.1) is 23.2 Å². The Hall–Kier alpha value is -6.39. The molecule has 9 N–H and O–H groups in total. The first-order chi connectivity index (χ1) is 33.2. The molecule has 2 aromatic carbocycles. The van der Waals surface area contributed by atoms with Crippen LogP contribution in [0.4, 0.5) is 5.82 Å². The van der Waals surface area contributed by atoms with Gasteiger partial charge in [0.1, 0.15) is 23.2 Å². The summed E-state index contributed by atoms with van der Waals surface area (Å²) < 4.78 is 2.24. The lowest BCUT2D eigenvalue weighted by Crippen LogP contribution is -2.52. The highest BCUT2D eigenvalue weighted by molar-refractivity contribution is 6.06. The van der Waals surface area contributed by atoms with Crippen molar-refractivity contribution in [2.45, 2.75) is 149 Å². The van der Waals surface area contributed by atoms with Gasteiger partial charge in [-0.15, -0.1) is 0 Å². The molecule has 18 nitrogen and oxygen atoms in total. The normalized spacial score (nSPS) is 14.9. The van der Waals surface area contributed by atoms with E-state index in [4.69, 9.17) is 33.1 Å². The van der Waals surface area contributed by atoms with Gasteiger partial charge in [0.05, 0.1) is 22.9 Å². The van der Waals surface area contributed by atoms with Gasteiger partial charge >= 0.3 is 0 Å². The lowest BCUT2D eigenvalue weighted by Gasteiger charge is -2.30. The van der Waals surface area contributed by atoms with Crippen molar-refractivity contribution in [1.29, 1.82) is 5.41 Å². The molecule has 0 spiro atoms. The molecule has 372 valence electrons. The van der Waals surface area contributed by atoms with Crippen LogP contribution in [0.25, 0.3) is 32.4 Å². The van der Waals surface area contributed by atoms with E-state index in [0.717, 1.165) is 52.6 Å². The van der Waals surface area contributed by atoms with Gasteiger partial charge in [0.25, 0.3) is 0 Å². The zero-order valence-corrected chi connectivity index (χ0v) is 40.8. The molecule has 4 atom stereocenters. The number of nitrogens with zero attached hydrogens (tertiary/aromatic N) is 7. The number of ketones is 2. The predicted molar refractivity (Wildman–Crippen MR) is 270 cm³/mol. The second kappa shape index (κ2) is 27.0. The van der Waals surface area contributed by atoms with Crippen LogP contribution in [0.2, 0.25) is 0 Å². The fourth-order valence-electron chi connectivity index (χ4n) is 9.38. The fraction of sp³-hybridized carbons (Fsp3) is 0.569. The Bertz CT molecular complexity index is 2450. The average Bonchev–Trinajstić information content (AvgIpc) is 3.97. The number of likely N-dealkylation sites (tertiary alicyclic amines) is 1. The van der Waals surface area contributed by atoms with Crippen molar-refractivity contribution < 1.29 is 24.0 Å². The first kappa shape index (κ1) is 53.6. The molecule has 3 amide bonds. The van der Waals surface area contributed by atoms with Gasteiger partial charge in [-0.05, 0) is 93.0 Å². The zero-order valence-electron chi connectivity index (χ0n) is 40.8. The number of unbranched alkanes of at least 4 members (excludes halogenated alkanes) is 3. The molecular weight excluding hydrogens is 875 g/mol. The fourth-order valence-corrected chi connectivity index (χ4v) is 9.38. The molecule has 1 aliphatic heterocycles. The monoisotopic (exact) mass is 948 g/mol. The Morgan fingerprint density at radius 2 is 1.68 bits per heavy atom. The van der Waals surface area contributed by atoms with Crippen molar-refractivity contribution in [3.63, 3.8) is 0 Å². The molecule has 0 radical (unpaired) electrons. The maximum atomic E-state index is 14.3. The molecule has 5 rings (SSSR count). The standard InChI is InChI=1S/C51H73N13O5/c1-4-5-19-45-61-47-48(38-14-7-8-15-39(38)60-49(47)55)64(45)32-35-22-20-34(21-23-35)31-57-50(68)36(13-6-9-18-44(53)54)29-42(65)37(28-33(2)3)30-43(66)41-17-12-27-63(41)51(69)40(16-10-11-25-52)59-46(67)24-26-58-62-56/h7-8,14-15,20-23,33,36-37,40-41H,4-6,9-13,16-19,24-32,52H2,1-3H3,(H3,53,54)(H2,55,60)(H,57,68)(H,59,67). The molecule has 2 aromatic heterocycles. The highest BCUT2D eigenvalue weighted by Crippen LogP contribution is 2.31. The summed E-state index contributed by atoms with van der Waals surface area (Å²) in [4.78, 5) is 83.0. The number of nitrogens with two attached hydrogens (primary N) is 3. The van der Waals surface area contributed by atoms with Crippen molar-refractivity contribution in [2.24, 2.45) is 34.3 Å². The van der Waals surface area contributed by atoms with Gasteiger partial charge in [-0.1, -0.05) is 81.2 Å². The van der Waals surface area contributed by atoms with E-state index in [1.807, 2.05) is 62.4 Å². The second-order valence-corrected chi connectivity index (χ2v) is 18.9. The Morgan fingerprint density at radius 1 is 0.942 bits per heavy atom. The average molecular weight is 948 g/mol. The van der Waals surface area contributed by atoms with E-state index in [2.05, 4.69) is 37.1 Å². The number of carbonyl (C=O) groups is 5. The maximum Gasteiger partial charge on any atom is 0.245 e. The van der Waals surface area contributed by atoms with Crippen LogP contribution in [-0.2, 0) is 43.5 Å². The SMILES string of the molecule is CCCCc1nc2c(N)nc3ccccc3c2n1Cc1ccc(CNC(=O)C(CCCCC(=N)N)CC(=O)C(CC(=O)C2CCCN2C(=O)C(CCCCN)NC(=O)CCN=[N+]=[N-])CC(C)C)cc1. The number of amides is 3. The van der Waals surface area contributed by atoms with Crippen LogP contribution in [0.1, 0.15) is 134 Å². The molecule has 1 saturated heterocycles. The summed E-state index contributed by atoms with van der Waals surface area (Å²) in [5.41, 5.74) is 30.8. The number of hydrogen-bond acceptors (Lipinski definition) is 11. The Balaban J connectivity index is 1.27. The highest BCUT2D eigenvalue weighted by atomic mass is 16.2. The Labute approximate surface area is 405 Å². The molecule has 69 heavy (non-hydrogen) atoms. The summed E-state index contributed by atoms with van der Waals surface area (Å²) in [5, 5.41) is 17.9. The largest absolute Gasteiger partial charge is 0.388 e. The number of nitrogens with one attached hydrogen (secondary N) is 3. The van der Waals surface area contributed by atoms with E-state index < -0.39 is 29.8 Å². The van der Waals surface area contributed by atoms with Gasteiger partial charge in [0.2, 0.25) is 17.7 Å². The van der Waals surface area contributed by atoms with Crippen molar-refractivity contribution in [3.05, 3.63) is 75.9 Å². The molecule has 4 aromatic rings. The summed E-state index contributed by atoms with van der Waals surface area (Å²) in [6.07, 6.45) is 7.67. The van der Waals surface area contributed by atoms with Crippen molar-refractivity contribution in [1.82, 2.24) is 30.1 Å². The number of azide groups is 1. The number of imidazole rings is 1. The number of hydrogen-bond donors (Lipinski definition) is 6. The van der Waals surface area contributed by atoms with Crippen LogP contribution in [0.5, 0.6) is 0 Å². The number of Topliss-reactive ketones (excluding diaryl/α,β-unsaturated/α-hetero) is 2. The van der Waals surface area contributed by atoms with Crippen molar-refractivity contribution in [2.75, 3.05) is 25.4 Å². The smallest absolute Gasteiger partial charge is 0.245 e. The van der Waals surface area contributed by atoms with Gasteiger partial charge in [0.15, 0.2) is 11.6 Å². The number of amidine groups is 1. The lowest BCUT2D eigenvalue weighted by molar-refractivity contribution is -0.142. The van der Waals surface area contributed by atoms with E-state index in [0.29, 0.717) is 95.2 Å². The minimum atomic E-state index is -0.872. The van der Waals surface area contributed by atoms with E-state index in [-0.39, 0.29) is 67.5 Å². The molecule has 1 aliphatic rings. The summed E-state index contributed by atoms with van der Waals surface area (Å²) in [6, 6.07) is 14.4. The number of nitrogen functional groups attached to an aromatic ring is 1. The number of pyridine rings is 1. The lowest BCUT2D eigenvalue weighted by atomic mass is 9.82. The number of aryl methyl sites for hydroxylation is 1. The number of benzene rings is 2. The van der Waals surface area contributed by atoms with Gasteiger partial charge < -0.3 is 37.3 Å². The van der Waals surface area contributed by atoms with Crippen molar-refractivity contribution in [3.8, 4) is 0 Å². The predicted octanol–water partition coefficient (Wildman–Crippen LogP) is 7.17. The number of carbonyl (C=O) groups excluding carboxylic acids is 5. The molecule has 18 heteroatoms. The molecule has 0 aliphatic carbocycles. The van der Waals surface area contributed by atoms with E-state index in [9.17, 15) is 24.0 Å². The topological polar surface area (TPSA) is 294 Å². The number of anilines is 1. The third-order valence-electron chi connectivity index (χ3n) is 13.0. The van der Waals surface area contributed by atoms with Crippen LogP contribution in [-0.4, -0.2) is 86.3 Å². The van der Waals surface area contributed by atoms with E-state index in [1.54, 1.807) is 0 Å². The van der Waals surface area contributed by atoms with Gasteiger partial charge in [0, 0.05) is 80.4 Å². The van der Waals surface area contributed by atoms with Crippen LogP contribution >= 0.6 is 0 Å². The van der Waals surface area contributed by atoms with Gasteiger partial charge in [-0.2, -0.15) is 0 Å². The van der Waals surface area contributed by atoms with Crippen molar-refractivity contribution >= 4 is 62.9 Å². The minimum Gasteiger partial charge on any atom is -0.388 e. The number of para-hydroxylation sites is 1. The second-order valence-electron chi connectivity index (χ2n) is 18.9. The molecular formula is C51H73N13O5. The molecule has 0 saturated carbocycles. The summed E-state index contributed by atoms with van der Waals surface area (Å²) in [7, 11) is 0. The van der Waals surface area contributed by atoms with Gasteiger partial charge in [-0.3, -0.25) is 29.4 Å². The van der Waals surface area contributed by atoms with E-state index in [1.165, 1.54) is 4.90 Å². The first-order valence-electron chi connectivity index (χ1n) is 24.8. The maximum absolute atomic E-state index is 14.3. The summed E-state index contributed by atoms with van der Waals surface area (Å²) >= 11 is 0. The molecule has 0 bridgehead atoms. The Kier molecular flexibility index (Phi) is 20.9. The molecule has 3 heterocycles. The number of fused-ring (bicyclic) bond motifs is 3. The Morgan fingerprint density at radius 3 is 2.39 bits per heavy atom. The molecule has 4 unspecified atom stereocenters.